The van der Waals surface area contributed by atoms with Crippen molar-refractivity contribution >= 4 is 35.2 Å². The van der Waals surface area contributed by atoms with Gasteiger partial charge >= 0.3 is 0 Å². The normalized spacial score (nSPS) is 24.3. The molecule has 0 bridgehead atoms. The van der Waals surface area contributed by atoms with Gasteiger partial charge in [-0.1, -0.05) is 59.8 Å². The van der Waals surface area contributed by atoms with Crippen LogP contribution in [-0.2, 0) is 24.0 Å². The number of Topliss-reactive ketones (excluding diaryl/α,β-unsaturated/α-hetero) is 2. The Labute approximate surface area is 289 Å². The maximum absolute atomic E-state index is 14.7. The number of nitrogens with zero attached hydrogens (tertiary/aromatic N) is 3. The van der Waals surface area contributed by atoms with Gasteiger partial charge < -0.3 is 20.9 Å². The van der Waals surface area contributed by atoms with E-state index in [0.717, 1.165) is 64.2 Å². The molecule has 1 saturated heterocycles. The van der Waals surface area contributed by atoms with Crippen molar-refractivity contribution in [3.63, 3.8) is 0 Å². The van der Waals surface area contributed by atoms with Gasteiger partial charge in [-0.2, -0.15) is 0 Å². The van der Waals surface area contributed by atoms with Crippen LogP contribution in [0.2, 0.25) is 0 Å². The zero-order valence-corrected chi connectivity index (χ0v) is 29.5. The molecule has 1 aliphatic heterocycles. The molecule has 4 aliphatic rings. The molecule has 0 radical (unpaired) electrons. The fraction of sp³-hybridized carbons (Fsp3) is 0.730. The summed E-state index contributed by atoms with van der Waals surface area (Å²) in [5.74, 6) is -3.38. The predicted molar refractivity (Wildman–Crippen MR) is 182 cm³/mol. The molecule has 12 nitrogen and oxygen atoms in total. The number of amides is 4. The third kappa shape index (κ3) is 8.91. The second kappa shape index (κ2) is 15.9. The Morgan fingerprint density at radius 1 is 0.918 bits per heavy atom. The third-order valence-electron chi connectivity index (χ3n) is 11.1. The zero-order valence-electron chi connectivity index (χ0n) is 29.5. The monoisotopic (exact) mass is 678 g/mol. The number of ketones is 2. The summed E-state index contributed by atoms with van der Waals surface area (Å²) in [4.78, 5) is 91.7. The van der Waals surface area contributed by atoms with Crippen molar-refractivity contribution in [2.24, 2.45) is 29.1 Å². The van der Waals surface area contributed by atoms with Gasteiger partial charge in [-0.05, 0) is 68.1 Å². The summed E-state index contributed by atoms with van der Waals surface area (Å²) in [6.07, 6.45) is 14.1. The average Bonchev–Trinajstić information content (AvgIpc) is 3.65. The van der Waals surface area contributed by atoms with Crippen molar-refractivity contribution in [2.75, 3.05) is 6.54 Å². The molecular weight excluding hydrogens is 624 g/mol. The smallest absolute Gasteiger partial charge is 0.289 e. The molecule has 49 heavy (non-hydrogen) atoms. The van der Waals surface area contributed by atoms with Crippen LogP contribution in [0.1, 0.15) is 122 Å². The van der Waals surface area contributed by atoms with Crippen molar-refractivity contribution in [1.29, 1.82) is 0 Å². The molecule has 5 rings (SSSR count). The Balaban J connectivity index is 1.36. The lowest BCUT2D eigenvalue weighted by Crippen LogP contribution is -2.56. The number of rotatable bonds is 14. The lowest BCUT2D eigenvalue weighted by atomic mass is 9.74. The molecule has 2 heterocycles. The summed E-state index contributed by atoms with van der Waals surface area (Å²) in [7, 11) is 0. The van der Waals surface area contributed by atoms with E-state index < -0.39 is 53.0 Å². The van der Waals surface area contributed by atoms with Gasteiger partial charge in [0.15, 0.2) is 5.78 Å². The van der Waals surface area contributed by atoms with E-state index in [1.165, 1.54) is 18.6 Å². The minimum absolute atomic E-state index is 0.0201. The first-order valence-corrected chi connectivity index (χ1v) is 18.4. The molecule has 0 aromatic carbocycles. The molecule has 0 spiro atoms. The Morgan fingerprint density at radius 3 is 2.29 bits per heavy atom. The van der Waals surface area contributed by atoms with Crippen LogP contribution in [0, 0.1) is 29.1 Å². The van der Waals surface area contributed by atoms with Gasteiger partial charge in [0.05, 0.1) is 18.3 Å². The first-order valence-electron chi connectivity index (χ1n) is 18.4. The van der Waals surface area contributed by atoms with Crippen LogP contribution in [0.3, 0.4) is 0 Å². The molecule has 3 N–H and O–H groups in total. The molecule has 2 unspecified atom stereocenters. The third-order valence-corrected chi connectivity index (χ3v) is 11.1. The quantitative estimate of drug-likeness (QED) is 0.251. The van der Waals surface area contributed by atoms with Crippen molar-refractivity contribution in [3.8, 4) is 0 Å². The van der Waals surface area contributed by atoms with Gasteiger partial charge in [0, 0.05) is 37.3 Å². The van der Waals surface area contributed by atoms with E-state index in [9.17, 15) is 28.8 Å². The summed E-state index contributed by atoms with van der Waals surface area (Å²) < 4.78 is 0. The summed E-state index contributed by atoms with van der Waals surface area (Å²) in [5, 5.41) is 8.57. The second-order valence-corrected chi connectivity index (χ2v) is 15.8. The van der Waals surface area contributed by atoms with Gasteiger partial charge in [0.2, 0.25) is 17.6 Å². The SMILES string of the molecule is CCCC(NC(=O)[C@@H]1[C@H]2CCC[C@H]2CN1C(=O)C(CC(=O)[C@@H](NC(=O)c1cnccn1)C1CCCCC1)C(C)(C)C)C(=O)C(=O)NC1CC1. The highest BCUT2D eigenvalue weighted by Gasteiger charge is 2.52. The molecule has 3 saturated carbocycles. The zero-order chi connectivity index (χ0) is 35.3. The lowest BCUT2D eigenvalue weighted by Gasteiger charge is -2.37. The Morgan fingerprint density at radius 2 is 1.65 bits per heavy atom. The Kier molecular flexibility index (Phi) is 11.9. The first kappa shape index (κ1) is 36.6. The van der Waals surface area contributed by atoms with Crippen molar-refractivity contribution in [2.45, 2.75) is 135 Å². The Hall–Kier alpha value is -3.70. The maximum Gasteiger partial charge on any atom is 0.289 e. The van der Waals surface area contributed by atoms with Gasteiger partial charge in [-0.15, -0.1) is 0 Å². The van der Waals surface area contributed by atoms with E-state index in [0.29, 0.717) is 19.4 Å². The van der Waals surface area contributed by atoms with Crippen LogP contribution in [0.5, 0.6) is 0 Å². The van der Waals surface area contributed by atoms with E-state index in [1.54, 1.807) is 4.90 Å². The first-order chi connectivity index (χ1) is 23.4. The number of carbonyl (C=O) groups excluding carboxylic acids is 6. The predicted octanol–water partition coefficient (Wildman–Crippen LogP) is 3.54. The van der Waals surface area contributed by atoms with Gasteiger partial charge in [-0.25, -0.2) is 4.98 Å². The Bertz CT molecular complexity index is 1390. The molecule has 268 valence electrons. The number of likely N-dealkylation sites (tertiary alicyclic amines) is 1. The van der Waals surface area contributed by atoms with Crippen LogP contribution in [-0.4, -0.2) is 80.8 Å². The molecule has 3 aliphatic carbocycles. The second-order valence-electron chi connectivity index (χ2n) is 15.8. The number of fused-ring (bicyclic) bond motifs is 1. The van der Waals surface area contributed by atoms with E-state index in [2.05, 4.69) is 25.9 Å². The van der Waals surface area contributed by atoms with Crippen molar-refractivity contribution < 1.29 is 28.8 Å². The minimum atomic E-state index is -0.970. The fourth-order valence-corrected chi connectivity index (χ4v) is 8.18. The van der Waals surface area contributed by atoms with Crippen LogP contribution in [0.4, 0.5) is 0 Å². The minimum Gasteiger partial charge on any atom is -0.347 e. The molecule has 12 heteroatoms. The van der Waals surface area contributed by atoms with Crippen LogP contribution in [0.25, 0.3) is 0 Å². The highest BCUT2D eigenvalue weighted by molar-refractivity contribution is 6.38. The fourth-order valence-electron chi connectivity index (χ4n) is 8.18. The van der Waals surface area contributed by atoms with Crippen LogP contribution in [0.15, 0.2) is 18.6 Å². The van der Waals surface area contributed by atoms with E-state index in [4.69, 9.17) is 0 Å². The standard InChI is InChI=1S/C37H54N6O6/c1-5-10-27(32(45)35(48)40-24-15-16-24)41-34(47)31-25-14-9-13-23(25)21-43(31)36(49)26(37(2,3)4)19-29(44)30(22-11-7-6-8-12-22)42-33(46)28-20-38-17-18-39-28/h17-18,20,22-27,30-31H,5-16,19,21H2,1-4H3,(H,40,48)(H,41,47)(H,42,46)/t23-,25-,26?,27?,30-,31-/m0/s1. The largest absolute Gasteiger partial charge is 0.347 e. The van der Waals surface area contributed by atoms with Crippen LogP contribution < -0.4 is 16.0 Å². The highest BCUT2D eigenvalue weighted by Crippen LogP contribution is 2.44. The van der Waals surface area contributed by atoms with E-state index >= 15 is 0 Å². The number of aromatic nitrogens is 2. The average molecular weight is 679 g/mol. The molecule has 4 amide bonds. The summed E-state index contributed by atoms with van der Waals surface area (Å²) in [6, 6.07) is -2.51. The summed E-state index contributed by atoms with van der Waals surface area (Å²) in [5.41, 5.74) is -0.499. The molecule has 4 fully saturated rings. The number of carbonyl (C=O) groups is 6. The van der Waals surface area contributed by atoms with Gasteiger partial charge in [0.25, 0.3) is 11.8 Å². The van der Waals surface area contributed by atoms with E-state index in [-0.39, 0.29) is 47.6 Å². The van der Waals surface area contributed by atoms with E-state index in [1.807, 2.05) is 27.7 Å². The number of nitrogens with one attached hydrogen (secondary N) is 3. The molecule has 1 aromatic rings. The van der Waals surface area contributed by atoms with Gasteiger partial charge in [-0.3, -0.25) is 33.8 Å². The van der Waals surface area contributed by atoms with Crippen molar-refractivity contribution in [1.82, 2.24) is 30.8 Å². The molecular formula is C37H54N6O6. The molecule has 1 aromatic heterocycles. The topological polar surface area (TPSA) is 168 Å². The summed E-state index contributed by atoms with van der Waals surface area (Å²) >= 11 is 0. The summed E-state index contributed by atoms with van der Waals surface area (Å²) in [6.45, 7) is 8.09. The number of hydrogen-bond donors (Lipinski definition) is 3. The number of hydrogen-bond acceptors (Lipinski definition) is 8. The van der Waals surface area contributed by atoms with Crippen molar-refractivity contribution in [3.05, 3.63) is 24.3 Å². The van der Waals surface area contributed by atoms with Crippen LogP contribution >= 0.6 is 0 Å². The highest BCUT2D eigenvalue weighted by atomic mass is 16.2. The maximum atomic E-state index is 14.7. The van der Waals surface area contributed by atoms with Gasteiger partial charge in [0.1, 0.15) is 11.7 Å². The molecule has 6 atom stereocenters. The lowest BCUT2D eigenvalue weighted by molar-refractivity contribution is -0.148.